The number of nitrogens with zero attached hydrogens (tertiary/aromatic N) is 2. The number of nitrogens with one attached hydrogen (secondary N) is 1. The number of pyridine rings is 1. The van der Waals surface area contributed by atoms with Crippen molar-refractivity contribution in [3.8, 4) is 6.07 Å². The molecule has 3 heteroatoms. The molecule has 0 aliphatic rings. The number of aryl methyl sites for hydroxylation is 1. The van der Waals surface area contributed by atoms with Gasteiger partial charge in [0.2, 0.25) is 0 Å². The van der Waals surface area contributed by atoms with Crippen LogP contribution in [0.15, 0.2) is 6.20 Å². The third-order valence-electron chi connectivity index (χ3n) is 2.12. The van der Waals surface area contributed by atoms with Crippen LogP contribution in [0.5, 0.6) is 0 Å². The fourth-order valence-corrected chi connectivity index (χ4v) is 1.39. The summed E-state index contributed by atoms with van der Waals surface area (Å²) in [5.74, 6) is 0.796. The second-order valence-electron chi connectivity index (χ2n) is 4.78. The molecule has 15 heavy (non-hydrogen) atoms. The number of hydrogen-bond donors (Lipinski definition) is 1. The van der Waals surface area contributed by atoms with E-state index < -0.39 is 0 Å². The van der Waals surface area contributed by atoms with E-state index in [0.29, 0.717) is 0 Å². The summed E-state index contributed by atoms with van der Waals surface area (Å²) in [6.07, 6.45) is 1.74. The van der Waals surface area contributed by atoms with E-state index in [9.17, 15) is 0 Å². The van der Waals surface area contributed by atoms with Gasteiger partial charge in [-0.1, -0.05) is 0 Å². The van der Waals surface area contributed by atoms with Crippen LogP contribution in [0, 0.1) is 25.2 Å². The number of hydrogen-bond acceptors (Lipinski definition) is 3. The quantitative estimate of drug-likeness (QED) is 0.763. The lowest BCUT2D eigenvalue weighted by Crippen LogP contribution is -2.27. The second kappa shape index (κ2) is 3.90. The summed E-state index contributed by atoms with van der Waals surface area (Å²) >= 11 is 0. The molecule has 1 heterocycles. The molecule has 1 N–H and O–H groups in total. The van der Waals surface area contributed by atoms with Crippen LogP contribution >= 0.6 is 0 Å². The summed E-state index contributed by atoms with van der Waals surface area (Å²) in [4.78, 5) is 4.31. The second-order valence-corrected chi connectivity index (χ2v) is 4.78. The van der Waals surface area contributed by atoms with E-state index in [1.165, 1.54) is 0 Å². The van der Waals surface area contributed by atoms with Gasteiger partial charge >= 0.3 is 0 Å². The Labute approximate surface area is 91.1 Å². The molecule has 1 aromatic heterocycles. The Morgan fingerprint density at radius 1 is 1.33 bits per heavy atom. The monoisotopic (exact) mass is 203 g/mol. The largest absolute Gasteiger partial charge is 0.365 e. The standard InChI is InChI=1S/C12H17N3/c1-8-7-14-11(15-12(3,4)5)9(2)10(8)6-13/h7H,1-5H3,(H,14,15). The molecular formula is C12H17N3. The SMILES string of the molecule is Cc1cnc(NC(C)(C)C)c(C)c1C#N. The Morgan fingerprint density at radius 3 is 2.40 bits per heavy atom. The third kappa shape index (κ3) is 2.69. The Bertz CT molecular complexity index is 408. The fourth-order valence-electron chi connectivity index (χ4n) is 1.39. The van der Waals surface area contributed by atoms with Crippen LogP contribution in [0.1, 0.15) is 37.5 Å². The molecule has 0 aliphatic carbocycles. The highest BCUT2D eigenvalue weighted by molar-refractivity contribution is 5.55. The van der Waals surface area contributed by atoms with Gasteiger partial charge in [-0.2, -0.15) is 5.26 Å². The fraction of sp³-hybridized carbons (Fsp3) is 0.500. The van der Waals surface area contributed by atoms with Gasteiger partial charge in [0.05, 0.1) is 11.6 Å². The summed E-state index contributed by atoms with van der Waals surface area (Å²) in [5, 5.41) is 12.3. The molecule has 0 aliphatic heterocycles. The smallest absolute Gasteiger partial charge is 0.130 e. The van der Waals surface area contributed by atoms with Gasteiger partial charge < -0.3 is 5.32 Å². The van der Waals surface area contributed by atoms with Crippen LogP contribution in [0.4, 0.5) is 5.82 Å². The minimum absolute atomic E-state index is 0.0419. The van der Waals surface area contributed by atoms with Crippen LogP contribution in [-0.4, -0.2) is 10.5 Å². The van der Waals surface area contributed by atoms with E-state index in [1.807, 2.05) is 13.8 Å². The first kappa shape index (κ1) is 11.5. The molecule has 0 radical (unpaired) electrons. The summed E-state index contributed by atoms with van der Waals surface area (Å²) < 4.78 is 0. The van der Waals surface area contributed by atoms with Crippen LogP contribution in [0.3, 0.4) is 0 Å². The van der Waals surface area contributed by atoms with Crippen molar-refractivity contribution in [2.75, 3.05) is 5.32 Å². The van der Waals surface area contributed by atoms with Crippen molar-refractivity contribution in [1.29, 1.82) is 5.26 Å². The van der Waals surface area contributed by atoms with Crippen molar-refractivity contribution >= 4 is 5.82 Å². The number of nitriles is 1. The van der Waals surface area contributed by atoms with Gasteiger partial charge in [0.25, 0.3) is 0 Å². The van der Waals surface area contributed by atoms with Crippen LogP contribution in [-0.2, 0) is 0 Å². The van der Waals surface area contributed by atoms with Crippen molar-refractivity contribution in [3.63, 3.8) is 0 Å². The Morgan fingerprint density at radius 2 is 1.93 bits per heavy atom. The number of anilines is 1. The minimum atomic E-state index is -0.0419. The molecule has 0 amide bonds. The van der Waals surface area contributed by atoms with Gasteiger partial charge in [0, 0.05) is 17.3 Å². The molecule has 0 saturated heterocycles. The Kier molecular flexibility index (Phi) is 2.99. The van der Waals surface area contributed by atoms with E-state index in [4.69, 9.17) is 5.26 Å². The normalized spacial score (nSPS) is 10.9. The van der Waals surface area contributed by atoms with Gasteiger partial charge in [0.1, 0.15) is 5.82 Å². The zero-order valence-electron chi connectivity index (χ0n) is 9.97. The average Bonchev–Trinajstić information content (AvgIpc) is 2.09. The van der Waals surface area contributed by atoms with Crippen LogP contribution < -0.4 is 5.32 Å². The van der Waals surface area contributed by atoms with Gasteiger partial charge in [-0.05, 0) is 40.2 Å². The highest BCUT2D eigenvalue weighted by Crippen LogP contribution is 2.21. The van der Waals surface area contributed by atoms with Gasteiger partial charge in [-0.15, -0.1) is 0 Å². The molecule has 0 spiro atoms. The molecule has 3 nitrogen and oxygen atoms in total. The maximum Gasteiger partial charge on any atom is 0.130 e. The van der Waals surface area contributed by atoms with E-state index >= 15 is 0 Å². The van der Waals surface area contributed by atoms with Gasteiger partial charge in [-0.25, -0.2) is 4.98 Å². The molecule has 1 rings (SSSR count). The van der Waals surface area contributed by atoms with Crippen LogP contribution in [0.2, 0.25) is 0 Å². The zero-order valence-corrected chi connectivity index (χ0v) is 9.97. The topological polar surface area (TPSA) is 48.7 Å². The summed E-state index contributed by atoms with van der Waals surface area (Å²) in [7, 11) is 0. The van der Waals surface area contributed by atoms with Gasteiger partial charge in [0.15, 0.2) is 0 Å². The molecule has 0 saturated carbocycles. The molecule has 80 valence electrons. The maximum absolute atomic E-state index is 9.02. The predicted octanol–water partition coefficient (Wildman–Crippen LogP) is 2.78. The summed E-state index contributed by atoms with van der Waals surface area (Å²) in [6.45, 7) is 10.0. The number of aromatic nitrogens is 1. The van der Waals surface area contributed by atoms with E-state index in [2.05, 4.69) is 37.1 Å². The maximum atomic E-state index is 9.02. The lowest BCUT2D eigenvalue weighted by atomic mass is 10.0. The molecular weight excluding hydrogens is 186 g/mol. The van der Waals surface area contributed by atoms with E-state index in [1.54, 1.807) is 6.20 Å². The van der Waals surface area contributed by atoms with E-state index in [-0.39, 0.29) is 5.54 Å². The molecule has 0 aromatic carbocycles. The molecule has 1 aromatic rings. The number of rotatable bonds is 1. The Balaban J connectivity index is 3.18. The molecule has 0 unspecified atom stereocenters. The highest BCUT2D eigenvalue weighted by Gasteiger charge is 2.14. The Hall–Kier alpha value is -1.56. The van der Waals surface area contributed by atoms with Crippen molar-refractivity contribution < 1.29 is 0 Å². The molecule has 0 fully saturated rings. The average molecular weight is 203 g/mol. The molecule has 0 atom stereocenters. The van der Waals surface area contributed by atoms with Gasteiger partial charge in [-0.3, -0.25) is 0 Å². The van der Waals surface area contributed by atoms with Crippen molar-refractivity contribution in [2.45, 2.75) is 40.2 Å². The van der Waals surface area contributed by atoms with Crippen molar-refractivity contribution in [2.24, 2.45) is 0 Å². The predicted molar refractivity (Wildman–Crippen MR) is 61.8 cm³/mol. The highest BCUT2D eigenvalue weighted by atomic mass is 15.0. The lowest BCUT2D eigenvalue weighted by molar-refractivity contribution is 0.629. The lowest BCUT2D eigenvalue weighted by Gasteiger charge is -2.23. The first-order valence-corrected chi connectivity index (χ1v) is 4.99. The first-order valence-electron chi connectivity index (χ1n) is 4.99. The van der Waals surface area contributed by atoms with E-state index in [0.717, 1.165) is 22.5 Å². The summed E-state index contributed by atoms with van der Waals surface area (Å²) in [6, 6.07) is 2.21. The molecule has 0 bridgehead atoms. The third-order valence-corrected chi connectivity index (χ3v) is 2.12. The van der Waals surface area contributed by atoms with Crippen LogP contribution in [0.25, 0.3) is 0 Å². The van der Waals surface area contributed by atoms with Crippen molar-refractivity contribution in [1.82, 2.24) is 4.98 Å². The first-order chi connectivity index (χ1) is 6.85. The zero-order chi connectivity index (χ0) is 11.6. The summed E-state index contributed by atoms with van der Waals surface area (Å²) in [5.41, 5.74) is 2.53. The minimum Gasteiger partial charge on any atom is -0.365 e. The van der Waals surface area contributed by atoms with Crippen molar-refractivity contribution in [3.05, 3.63) is 22.9 Å².